The molecule has 1 amide bonds. The van der Waals surface area contributed by atoms with Gasteiger partial charge in [-0.15, -0.1) is 0 Å². The second-order valence-corrected chi connectivity index (χ2v) is 12.6. The van der Waals surface area contributed by atoms with Crippen LogP contribution in [0, 0.1) is 0 Å². The minimum Gasteiger partial charge on any atom is -0.391 e. The van der Waals surface area contributed by atoms with E-state index in [0.717, 1.165) is 70.6 Å². The second kappa shape index (κ2) is 27.0. The molecule has 0 aromatic heterocycles. The van der Waals surface area contributed by atoms with Gasteiger partial charge >= 0.3 is 0 Å². The van der Waals surface area contributed by atoms with Crippen LogP contribution in [0.1, 0.15) is 155 Å². The number of nitrogens with one attached hydrogen (secondary N) is 1. The third-order valence-corrected chi connectivity index (χ3v) is 7.92. The van der Waals surface area contributed by atoms with Crippen molar-refractivity contribution < 1.29 is 22.9 Å². The van der Waals surface area contributed by atoms with Gasteiger partial charge in [0.25, 0.3) is 10.1 Å². The quantitative estimate of drug-likeness (QED) is 0.0496. The summed E-state index contributed by atoms with van der Waals surface area (Å²) in [4.78, 5) is 12.4. The number of aliphatic hydroxyl groups excluding tert-OH is 1. The lowest BCUT2D eigenvalue weighted by molar-refractivity contribution is -0.122. The summed E-state index contributed by atoms with van der Waals surface area (Å²) in [6, 6.07) is -0.973. The highest BCUT2D eigenvalue weighted by atomic mass is 32.2. The first kappa shape index (κ1) is 37.8. The number of hydrogen-bond acceptors (Lipinski definition) is 4. The molecule has 0 rings (SSSR count). The Morgan fingerprint density at radius 1 is 0.692 bits per heavy atom. The minimum atomic E-state index is -4.30. The molecule has 230 valence electrons. The van der Waals surface area contributed by atoms with Crippen molar-refractivity contribution in [2.75, 3.05) is 5.75 Å². The largest absolute Gasteiger partial charge is 0.391 e. The fraction of sp³-hybridized carbons (Fsp3) is 0.844. The highest BCUT2D eigenvalue weighted by Crippen LogP contribution is 2.14. The topological polar surface area (TPSA) is 104 Å². The van der Waals surface area contributed by atoms with Gasteiger partial charge in [0.05, 0.1) is 17.9 Å². The Labute approximate surface area is 241 Å². The Bertz CT molecular complexity index is 720. The molecule has 7 heteroatoms. The van der Waals surface area contributed by atoms with Crippen LogP contribution in [0.15, 0.2) is 24.3 Å². The Morgan fingerprint density at radius 2 is 1.21 bits per heavy atom. The number of hydrogen-bond donors (Lipinski definition) is 3. The lowest BCUT2D eigenvalue weighted by Crippen LogP contribution is -2.47. The fourth-order valence-corrected chi connectivity index (χ4v) is 5.48. The number of unbranched alkanes of at least 4 members (excludes halogenated alkanes) is 16. The summed E-state index contributed by atoms with van der Waals surface area (Å²) in [6.07, 6.45) is 31.2. The van der Waals surface area contributed by atoms with Gasteiger partial charge in [-0.05, 0) is 38.5 Å². The van der Waals surface area contributed by atoms with E-state index in [1.54, 1.807) is 0 Å². The zero-order chi connectivity index (χ0) is 29.0. The predicted octanol–water partition coefficient (Wildman–Crippen LogP) is 8.45. The molecule has 39 heavy (non-hydrogen) atoms. The Hall–Kier alpha value is -1.18. The van der Waals surface area contributed by atoms with Crippen molar-refractivity contribution in [1.82, 2.24) is 5.32 Å². The van der Waals surface area contributed by atoms with E-state index in [1.165, 1.54) is 57.8 Å². The van der Waals surface area contributed by atoms with Gasteiger partial charge in [0, 0.05) is 6.42 Å². The van der Waals surface area contributed by atoms with Crippen LogP contribution in [-0.4, -0.2) is 41.9 Å². The van der Waals surface area contributed by atoms with Crippen LogP contribution in [0.5, 0.6) is 0 Å². The number of aliphatic hydroxyl groups is 1. The lowest BCUT2D eigenvalue weighted by Gasteiger charge is -2.23. The van der Waals surface area contributed by atoms with Gasteiger partial charge < -0.3 is 10.4 Å². The molecule has 0 aromatic rings. The monoisotopic (exact) mass is 571 g/mol. The Morgan fingerprint density at radius 3 is 1.77 bits per heavy atom. The first-order valence-electron chi connectivity index (χ1n) is 16.0. The van der Waals surface area contributed by atoms with Crippen molar-refractivity contribution in [3.05, 3.63) is 24.3 Å². The van der Waals surface area contributed by atoms with Gasteiger partial charge in [-0.25, -0.2) is 0 Å². The molecular formula is C32H61NO5S. The van der Waals surface area contributed by atoms with Crippen LogP contribution in [0.25, 0.3) is 0 Å². The molecule has 3 N–H and O–H groups in total. The summed E-state index contributed by atoms with van der Waals surface area (Å²) in [6.45, 7) is 4.41. The van der Waals surface area contributed by atoms with E-state index in [0.29, 0.717) is 12.8 Å². The van der Waals surface area contributed by atoms with Gasteiger partial charge in [0.15, 0.2) is 0 Å². The molecule has 0 aliphatic rings. The summed E-state index contributed by atoms with van der Waals surface area (Å²) in [7, 11) is -4.30. The average Bonchev–Trinajstić information content (AvgIpc) is 2.88. The number of rotatable bonds is 28. The highest BCUT2D eigenvalue weighted by molar-refractivity contribution is 7.85. The number of allylic oxidation sites excluding steroid dienone is 4. The third-order valence-electron chi connectivity index (χ3n) is 7.14. The SMILES string of the molecule is CCC/C=C\C/C=C\CCCCCCCC(=O)NC(CS(=O)(=O)O)C(O)CCCCCCCCCCCCC. The molecule has 6 nitrogen and oxygen atoms in total. The van der Waals surface area contributed by atoms with Crippen molar-refractivity contribution in [1.29, 1.82) is 0 Å². The zero-order valence-corrected chi connectivity index (χ0v) is 26.1. The summed E-state index contributed by atoms with van der Waals surface area (Å²) in [5, 5.41) is 13.2. The smallest absolute Gasteiger partial charge is 0.266 e. The van der Waals surface area contributed by atoms with Crippen molar-refractivity contribution in [2.24, 2.45) is 0 Å². The summed E-state index contributed by atoms with van der Waals surface area (Å²) >= 11 is 0. The molecule has 0 radical (unpaired) electrons. The first-order chi connectivity index (χ1) is 18.8. The normalized spacial score (nSPS) is 13.8. The summed E-state index contributed by atoms with van der Waals surface area (Å²) < 4.78 is 32.2. The van der Waals surface area contributed by atoms with Crippen molar-refractivity contribution in [2.45, 2.75) is 167 Å². The van der Waals surface area contributed by atoms with E-state index in [4.69, 9.17) is 0 Å². The van der Waals surface area contributed by atoms with Crippen LogP contribution in [-0.2, 0) is 14.9 Å². The van der Waals surface area contributed by atoms with E-state index in [1.807, 2.05) is 0 Å². The Kier molecular flexibility index (Phi) is 26.2. The standard InChI is InChI=1S/C32H61NO5S/c1-3-5-7-9-11-13-15-16-18-20-22-24-26-28-32(35)33-30(29-39(36,37)38)31(34)27-25-23-21-19-17-14-12-10-8-6-4-2/h7,9,13,15,30-31,34H,3-6,8,10-12,14,16-29H2,1-2H3,(H,33,35)(H,36,37,38)/b9-7-,15-13-. The molecule has 0 aliphatic heterocycles. The average molecular weight is 572 g/mol. The van der Waals surface area contributed by atoms with E-state index in [-0.39, 0.29) is 5.91 Å². The van der Waals surface area contributed by atoms with Gasteiger partial charge in [-0.3, -0.25) is 9.35 Å². The molecule has 2 atom stereocenters. The zero-order valence-electron chi connectivity index (χ0n) is 25.3. The maximum absolute atomic E-state index is 12.4. The van der Waals surface area contributed by atoms with Crippen LogP contribution in [0.3, 0.4) is 0 Å². The molecule has 2 unspecified atom stereocenters. The summed E-state index contributed by atoms with van der Waals surface area (Å²) in [5.74, 6) is -0.916. The highest BCUT2D eigenvalue weighted by Gasteiger charge is 2.26. The second-order valence-electron chi connectivity index (χ2n) is 11.1. The molecule has 0 aromatic carbocycles. The van der Waals surface area contributed by atoms with E-state index in [9.17, 15) is 22.9 Å². The molecule has 0 spiro atoms. The number of amides is 1. The third kappa shape index (κ3) is 28.2. The molecule has 0 saturated heterocycles. The van der Waals surface area contributed by atoms with Crippen LogP contribution in [0.4, 0.5) is 0 Å². The predicted molar refractivity (Wildman–Crippen MR) is 166 cm³/mol. The van der Waals surface area contributed by atoms with Gasteiger partial charge in [-0.2, -0.15) is 8.42 Å². The van der Waals surface area contributed by atoms with E-state index >= 15 is 0 Å². The number of carbonyl (C=O) groups is 1. The number of carbonyl (C=O) groups excluding carboxylic acids is 1. The minimum absolute atomic E-state index is 0.263. The van der Waals surface area contributed by atoms with Crippen molar-refractivity contribution in [3.8, 4) is 0 Å². The van der Waals surface area contributed by atoms with Crippen LogP contribution in [0.2, 0.25) is 0 Å². The van der Waals surface area contributed by atoms with Crippen molar-refractivity contribution in [3.63, 3.8) is 0 Å². The molecule has 0 bridgehead atoms. The maximum Gasteiger partial charge on any atom is 0.266 e. The molecule has 0 fully saturated rings. The molecule has 0 saturated carbocycles. The molecular weight excluding hydrogens is 510 g/mol. The summed E-state index contributed by atoms with van der Waals surface area (Å²) in [5.41, 5.74) is 0. The van der Waals surface area contributed by atoms with Gasteiger partial charge in [-0.1, -0.05) is 134 Å². The lowest BCUT2D eigenvalue weighted by atomic mass is 10.0. The fourth-order valence-electron chi connectivity index (χ4n) is 4.73. The maximum atomic E-state index is 12.4. The van der Waals surface area contributed by atoms with Crippen molar-refractivity contribution >= 4 is 16.0 Å². The Balaban J connectivity index is 4.03. The first-order valence-corrected chi connectivity index (χ1v) is 17.6. The van der Waals surface area contributed by atoms with E-state index < -0.39 is 28.0 Å². The van der Waals surface area contributed by atoms with E-state index in [2.05, 4.69) is 43.5 Å². The molecule has 0 aliphatic carbocycles. The van der Waals surface area contributed by atoms with Crippen LogP contribution >= 0.6 is 0 Å². The van der Waals surface area contributed by atoms with Gasteiger partial charge in [0.1, 0.15) is 0 Å². The van der Waals surface area contributed by atoms with Crippen LogP contribution < -0.4 is 5.32 Å². The van der Waals surface area contributed by atoms with Gasteiger partial charge in [0.2, 0.25) is 5.91 Å². The molecule has 0 heterocycles.